The van der Waals surface area contributed by atoms with Gasteiger partial charge in [0.25, 0.3) is 5.56 Å². The lowest BCUT2D eigenvalue weighted by Crippen LogP contribution is -2.50. The van der Waals surface area contributed by atoms with Crippen molar-refractivity contribution in [3.05, 3.63) is 63.7 Å². The maximum absolute atomic E-state index is 13.1. The van der Waals surface area contributed by atoms with Crippen LogP contribution in [0.4, 0.5) is 5.82 Å². The van der Waals surface area contributed by atoms with Crippen molar-refractivity contribution in [2.45, 2.75) is 61.5 Å². The van der Waals surface area contributed by atoms with Crippen molar-refractivity contribution < 1.29 is 0 Å². The molecule has 4 N–H and O–H groups in total. The molecule has 2 aromatic heterocycles. The normalized spacial score (nSPS) is 19.6. The Kier molecular flexibility index (Phi) is 7.27. The van der Waals surface area contributed by atoms with Crippen molar-refractivity contribution in [3.8, 4) is 0 Å². The molecule has 0 radical (unpaired) electrons. The highest BCUT2D eigenvalue weighted by Crippen LogP contribution is 2.60. The van der Waals surface area contributed by atoms with E-state index >= 15 is 0 Å². The van der Waals surface area contributed by atoms with Crippen LogP contribution >= 0.6 is 35.3 Å². The number of unbranched alkanes of at least 4 members (excludes halogenated alkanes) is 1. The summed E-state index contributed by atoms with van der Waals surface area (Å²) in [6.45, 7) is 8.35. The van der Waals surface area contributed by atoms with Gasteiger partial charge in [-0.1, -0.05) is 43.3 Å². The number of piperidine rings is 2. The standard InChI is InChI=1S/C28H33ClN8OS2/c1-4-5-10-36-15-33-17-6-7-19(22(29)21(17)27(36)38)40-20-14-32-26(23(34-20)16(2)30)35-11-8-28(9-12-35)13-18-24(25(28)31)37(18)39-3/h6-7,14-15,25H,2,4-5,8-13,30-31H2,1,3H3. The molecule has 1 saturated heterocycles. The maximum Gasteiger partial charge on any atom is 0.262 e. The third kappa shape index (κ3) is 4.56. The van der Waals surface area contributed by atoms with Crippen molar-refractivity contribution >= 4 is 57.7 Å². The molecule has 210 valence electrons. The number of anilines is 1. The Balaban J connectivity index is 1.22. The van der Waals surface area contributed by atoms with Crippen LogP contribution in [0, 0.1) is 5.41 Å². The van der Waals surface area contributed by atoms with Crippen molar-refractivity contribution in [1.29, 1.82) is 0 Å². The van der Waals surface area contributed by atoms with Crippen molar-refractivity contribution in [1.82, 2.24) is 23.8 Å². The first-order chi connectivity index (χ1) is 19.3. The van der Waals surface area contributed by atoms with E-state index in [1.807, 2.05) is 12.1 Å². The summed E-state index contributed by atoms with van der Waals surface area (Å²) in [5.41, 5.74) is 17.2. The second-order valence-electron chi connectivity index (χ2n) is 10.7. The van der Waals surface area contributed by atoms with Crippen LogP contribution in [0.25, 0.3) is 16.6 Å². The number of benzene rings is 1. The summed E-state index contributed by atoms with van der Waals surface area (Å²) in [4.78, 5) is 30.1. The number of halogens is 1. The number of nitrogens with two attached hydrogens (primary N) is 2. The highest BCUT2D eigenvalue weighted by atomic mass is 35.5. The fraction of sp³-hybridized carbons (Fsp3) is 0.429. The second-order valence-corrected chi connectivity index (χ2v) is 12.9. The Morgan fingerprint density at radius 2 is 2.05 bits per heavy atom. The Labute approximate surface area is 247 Å². The summed E-state index contributed by atoms with van der Waals surface area (Å²) in [5.74, 6) is 0.738. The fourth-order valence-corrected chi connectivity index (χ4v) is 7.89. The SMILES string of the molecule is C=C(N)c1nc(Sc2ccc3ncn(CCCC)c(=O)c3c2Cl)cnc1N1CCC2(CC1)CC1=C(C2N)N1SC. The molecule has 1 spiro atoms. The molecular formula is C28H33ClN8OS2. The summed E-state index contributed by atoms with van der Waals surface area (Å²) in [6, 6.07) is 3.78. The summed E-state index contributed by atoms with van der Waals surface area (Å²) in [5, 5.41) is 1.41. The molecule has 9 nitrogen and oxygen atoms in total. The third-order valence-electron chi connectivity index (χ3n) is 8.32. The van der Waals surface area contributed by atoms with Crippen LogP contribution in [0.15, 0.2) is 57.3 Å². The minimum atomic E-state index is -0.136. The van der Waals surface area contributed by atoms with E-state index in [1.165, 1.54) is 23.2 Å². The van der Waals surface area contributed by atoms with E-state index in [1.54, 1.807) is 29.0 Å². The smallest absolute Gasteiger partial charge is 0.262 e. The molecule has 1 aromatic carbocycles. The van der Waals surface area contributed by atoms with E-state index < -0.39 is 0 Å². The van der Waals surface area contributed by atoms with E-state index in [0.29, 0.717) is 43.8 Å². The molecule has 6 rings (SSSR count). The van der Waals surface area contributed by atoms with Crippen molar-refractivity contribution in [2.75, 3.05) is 24.2 Å². The van der Waals surface area contributed by atoms with Crippen LogP contribution in [0.2, 0.25) is 5.02 Å². The zero-order valence-corrected chi connectivity index (χ0v) is 25.1. The lowest BCUT2D eigenvalue weighted by molar-refractivity contribution is 0.183. The molecule has 12 heteroatoms. The van der Waals surface area contributed by atoms with Gasteiger partial charge in [-0.3, -0.25) is 13.7 Å². The minimum Gasteiger partial charge on any atom is -0.397 e. The fourth-order valence-electron chi connectivity index (χ4n) is 5.99. The molecule has 3 aromatic rings. The van der Waals surface area contributed by atoms with Gasteiger partial charge in [0.1, 0.15) is 10.7 Å². The van der Waals surface area contributed by atoms with Gasteiger partial charge >= 0.3 is 0 Å². The largest absolute Gasteiger partial charge is 0.397 e. The molecular weight excluding hydrogens is 564 g/mol. The molecule has 2 aliphatic heterocycles. The number of aromatic nitrogens is 4. The Morgan fingerprint density at radius 1 is 1.27 bits per heavy atom. The number of nitrogens with zero attached hydrogens (tertiary/aromatic N) is 6. The second kappa shape index (κ2) is 10.6. The molecule has 1 aliphatic carbocycles. The molecule has 1 unspecified atom stereocenters. The van der Waals surface area contributed by atoms with E-state index in [9.17, 15) is 4.79 Å². The third-order valence-corrected chi connectivity index (χ3v) is 10.6. The average Bonchev–Trinajstić information content (AvgIpc) is 3.57. The van der Waals surface area contributed by atoms with Crippen molar-refractivity contribution in [2.24, 2.45) is 16.9 Å². The number of hydrogen-bond acceptors (Lipinski definition) is 10. The average molecular weight is 597 g/mol. The monoisotopic (exact) mass is 596 g/mol. The summed E-state index contributed by atoms with van der Waals surface area (Å²) >= 11 is 9.86. The van der Waals surface area contributed by atoms with Crippen LogP contribution < -0.4 is 21.9 Å². The Hall–Kier alpha value is -2.73. The van der Waals surface area contributed by atoms with E-state index in [4.69, 9.17) is 33.0 Å². The lowest BCUT2D eigenvalue weighted by atomic mass is 9.72. The van der Waals surface area contributed by atoms with Crippen LogP contribution in [0.1, 0.15) is 44.7 Å². The summed E-state index contributed by atoms with van der Waals surface area (Å²) in [6.07, 6.45) is 10.3. The number of rotatable bonds is 8. The molecule has 0 saturated carbocycles. The molecule has 0 amide bonds. The van der Waals surface area contributed by atoms with E-state index in [2.05, 4.69) is 33.9 Å². The van der Waals surface area contributed by atoms with Crippen molar-refractivity contribution in [3.63, 3.8) is 0 Å². The molecule has 1 fully saturated rings. The number of aryl methyl sites for hydroxylation is 1. The van der Waals surface area contributed by atoms with Gasteiger partial charge in [0, 0.05) is 36.2 Å². The predicted molar refractivity (Wildman–Crippen MR) is 164 cm³/mol. The number of fused-ring (bicyclic) bond motifs is 1. The molecule has 0 bridgehead atoms. The highest BCUT2D eigenvalue weighted by molar-refractivity contribution is 7.99. The van der Waals surface area contributed by atoms with E-state index in [0.717, 1.165) is 51.0 Å². The van der Waals surface area contributed by atoms with Crippen LogP contribution in [-0.4, -0.2) is 49.2 Å². The van der Waals surface area contributed by atoms with Crippen LogP contribution in [0.5, 0.6) is 0 Å². The first kappa shape index (κ1) is 27.4. The predicted octanol–water partition coefficient (Wildman–Crippen LogP) is 4.84. The highest BCUT2D eigenvalue weighted by Gasteiger charge is 2.57. The summed E-state index contributed by atoms with van der Waals surface area (Å²) < 4.78 is 3.90. The lowest BCUT2D eigenvalue weighted by Gasteiger charge is -2.44. The van der Waals surface area contributed by atoms with Gasteiger partial charge in [0.15, 0.2) is 5.82 Å². The Morgan fingerprint density at radius 3 is 2.70 bits per heavy atom. The quantitative estimate of drug-likeness (QED) is 0.349. The number of hydrogen-bond donors (Lipinski definition) is 2. The molecule has 1 atom stereocenters. The Bertz CT molecular complexity index is 1600. The minimum absolute atomic E-state index is 0.101. The number of allylic oxidation sites excluding steroid dienone is 1. The zero-order valence-electron chi connectivity index (χ0n) is 22.7. The van der Waals surface area contributed by atoms with Gasteiger partial charge in [-0.25, -0.2) is 15.0 Å². The summed E-state index contributed by atoms with van der Waals surface area (Å²) in [7, 11) is 0. The molecule has 40 heavy (non-hydrogen) atoms. The van der Waals surface area contributed by atoms with Gasteiger partial charge in [0.2, 0.25) is 0 Å². The van der Waals surface area contributed by atoms with Crippen LogP contribution in [-0.2, 0) is 6.54 Å². The van der Waals surface area contributed by atoms with Gasteiger partial charge in [0.05, 0.1) is 51.6 Å². The van der Waals surface area contributed by atoms with Crippen LogP contribution in [0.3, 0.4) is 0 Å². The van der Waals surface area contributed by atoms with E-state index in [-0.39, 0.29) is 17.0 Å². The van der Waals surface area contributed by atoms with Gasteiger partial charge in [-0.2, -0.15) is 0 Å². The first-order valence-corrected chi connectivity index (χ1v) is 15.9. The molecule has 3 aliphatic rings. The first-order valence-electron chi connectivity index (χ1n) is 13.5. The van der Waals surface area contributed by atoms with Gasteiger partial charge < -0.3 is 16.4 Å². The maximum atomic E-state index is 13.1. The molecule has 4 heterocycles. The van der Waals surface area contributed by atoms with Gasteiger partial charge in [-0.05, 0) is 49.8 Å². The van der Waals surface area contributed by atoms with Gasteiger partial charge in [-0.15, -0.1) is 0 Å². The topological polar surface area (TPSA) is 119 Å². The zero-order chi connectivity index (χ0) is 28.2.